The summed E-state index contributed by atoms with van der Waals surface area (Å²) in [5.74, 6) is -0.353. The lowest BCUT2D eigenvalue weighted by molar-refractivity contribution is 0.103. The molecule has 3 rings (SSSR count). The Bertz CT molecular complexity index is 811. The molecule has 0 fully saturated rings. The van der Waals surface area contributed by atoms with Gasteiger partial charge < -0.3 is 5.11 Å². The summed E-state index contributed by atoms with van der Waals surface area (Å²) >= 11 is 0. The van der Waals surface area contributed by atoms with Crippen molar-refractivity contribution in [2.75, 3.05) is 0 Å². The number of carbonyl (C=O) groups excluding carboxylic acids is 1. The zero-order chi connectivity index (χ0) is 16.2. The fourth-order valence-corrected chi connectivity index (χ4v) is 2.51. The van der Waals surface area contributed by atoms with Crippen LogP contribution in [0.2, 0.25) is 0 Å². The summed E-state index contributed by atoms with van der Waals surface area (Å²) in [6.45, 7) is 2.37. The van der Waals surface area contributed by atoms with Gasteiger partial charge in [-0.1, -0.05) is 30.3 Å². The zero-order valence-electron chi connectivity index (χ0n) is 12.8. The lowest BCUT2D eigenvalue weighted by Crippen LogP contribution is -2.05. The Morgan fingerprint density at radius 1 is 1.17 bits per heavy atom. The van der Waals surface area contributed by atoms with Crippen molar-refractivity contribution < 1.29 is 9.90 Å². The normalized spacial score (nSPS) is 10.7. The summed E-state index contributed by atoms with van der Waals surface area (Å²) in [7, 11) is 0. The molecule has 0 amide bonds. The summed E-state index contributed by atoms with van der Waals surface area (Å²) in [5.41, 5.74) is 2.30. The Balaban J connectivity index is 2.04. The highest BCUT2D eigenvalue weighted by atomic mass is 16.3. The average Bonchev–Trinajstić information content (AvgIpc) is 2.91. The van der Waals surface area contributed by atoms with Crippen LogP contribution in [0.5, 0.6) is 5.88 Å². The minimum atomic E-state index is -0.263. The van der Waals surface area contributed by atoms with Gasteiger partial charge in [0.05, 0.1) is 5.69 Å². The van der Waals surface area contributed by atoms with Crippen LogP contribution >= 0.6 is 0 Å². The molecule has 0 spiro atoms. The Morgan fingerprint density at radius 2 is 1.96 bits per heavy atom. The number of aromatic nitrogens is 3. The van der Waals surface area contributed by atoms with E-state index in [2.05, 4.69) is 10.1 Å². The fourth-order valence-electron chi connectivity index (χ4n) is 2.51. The SMILES string of the molecule is CCn1nc(Cc2ccccc2)c(C(=O)c2cccnc2)c1O. The maximum absolute atomic E-state index is 12.8. The van der Waals surface area contributed by atoms with Crippen LogP contribution in [0.25, 0.3) is 0 Å². The van der Waals surface area contributed by atoms with Crippen LogP contribution in [-0.2, 0) is 13.0 Å². The van der Waals surface area contributed by atoms with Gasteiger partial charge in [-0.15, -0.1) is 0 Å². The molecule has 2 heterocycles. The topological polar surface area (TPSA) is 68.0 Å². The highest BCUT2D eigenvalue weighted by Crippen LogP contribution is 2.26. The molecular weight excluding hydrogens is 290 g/mol. The first-order chi connectivity index (χ1) is 11.2. The monoisotopic (exact) mass is 307 g/mol. The summed E-state index contributed by atoms with van der Waals surface area (Å²) in [6.07, 6.45) is 3.59. The number of hydrogen-bond donors (Lipinski definition) is 1. The van der Waals surface area contributed by atoms with Crippen molar-refractivity contribution in [3.63, 3.8) is 0 Å². The van der Waals surface area contributed by atoms with Gasteiger partial charge in [0.15, 0.2) is 0 Å². The highest BCUT2D eigenvalue weighted by molar-refractivity contribution is 6.11. The average molecular weight is 307 g/mol. The van der Waals surface area contributed by atoms with E-state index >= 15 is 0 Å². The molecular formula is C18H17N3O2. The summed E-state index contributed by atoms with van der Waals surface area (Å²) in [4.78, 5) is 16.7. The van der Waals surface area contributed by atoms with Gasteiger partial charge in [-0.05, 0) is 24.6 Å². The maximum Gasteiger partial charge on any atom is 0.221 e. The Labute approximate surface area is 134 Å². The molecule has 0 bridgehead atoms. The number of rotatable bonds is 5. The van der Waals surface area contributed by atoms with Crippen molar-refractivity contribution in [3.05, 3.63) is 77.2 Å². The first-order valence-corrected chi connectivity index (χ1v) is 7.48. The third-order valence-electron chi connectivity index (χ3n) is 3.66. The smallest absolute Gasteiger partial charge is 0.221 e. The van der Waals surface area contributed by atoms with E-state index in [0.717, 1.165) is 5.56 Å². The number of pyridine rings is 1. The standard InChI is InChI=1S/C18H17N3O2/c1-2-21-18(23)16(17(22)14-9-6-10-19-12-14)15(20-21)11-13-7-4-3-5-8-13/h3-10,12,23H,2,11H2,1H3. The van der Waals surface area contributed by atoms with E-state index < -0.39 is 0 Å². The molecule has 3 aromatic rings. The number of benzene rings is 1. The third kappa shape index (κ3) is 2.99. The largest absolute Gasteiger partial charge is 0.493 e. The fraction of sp³-hybridized carbons (Fsp3) is 0.167. The van der Waals surface area contributed by atoms with E-state index in [1.54, 1.807) is 18.3 Å². The van der Waals surface area contributed by atoms with Crippen molar-refractivity contribution in [3.8, 4) is 5.88 Å². The third-order valence-corrected chi connectivity index (χ3v) is 3.66. The van der Waals surface area contributed by atoms with Crippen LogP contribution in [0.1, 0.15) is 34.1 Å². The first kappa shape index (κ1) is 15.0. The van der Waals surface area contributed by atoms with Crippen molar-refractivity contribution >= 4 is 5.78 Å². The minimum absolute atomic E-state index is 0.0905. The molecule has 0 unspecified atom stereocenters. The van der Waals surface area contributed by atoms with E-state index in [1.165, 1.54) is 10.9 Å². The lowest BCUT2D eigenvalue weighted by Gasteiger charge is -2.03. The first-order valence-electron chi connectivity index (χ1n) is 7.48. The van der Waals surface area contributed by atoms with Gasteiger partial charge in [0.2, 0.25) is 11.7 Å². The van der Waals surface area contributed by atoms with Crippen molar-refractivity contribution in [2.45, 2.75) is 19.9 Å². The zero-order valence-corrected chi connectivity index (χ0v) is 12.8. The summed E-state index contributed by atoms with van der Waals surface area (Å²) in [5, 5.41) is 14.8. The molecule has 1 N–H and O–H groups in total. The van der Waals surface area contributed by atoms with Crippen LogP contribution < -0.4 is 0 Å². The number of aryl methyl sites for hydroxylation is 1. The predicted octanol–water partition coefficient (Wildman–Crippen LogP) is 2.83. The summed E-state index contributed by atoms with van der Waals surface area (Å²) in [6, 6.07) is 13.1. The molecule has 0 aliphatic carbocycles. The van der Waals surface area contributed by atoms with Gasteiger partial charge in [0, 0.05) is 30.9 Å². The van der Waals surface area contributed by atoms with E-state index in [-0.39, 0.29) is 17.2 Å². The number of aromatic hydroxyl groups is 1. The number of nitrogens with zero attached hydrogens (tertiary/aromatic N) is 3. The van der Waals surface area contributed by atoms with E-state index in [4.69, 9.17) is 0 Å². The van der Waals surface area contributed by atoms with Gasteiger partial charge in [-0.25, -0.2) is 4.68 Å². The molecule has 5 heteroatoms. The molecule has 2 aromatic heterocycles. The van der Waals surface area contributed by atoms with Crippen LogP contribution in [0, 0.1) is 0 Å². The number of ketones is 1. The Kier molecular flexibility index (Phi) is 4.19. The molecule has 23 heavy (non-hydrogen) atoms. The van der Waals surface area contributed by atoms with Crippen LogP contribution in [0.4, 0.5) is 0 Å². The molecule has 1 aromatic carbocycles. The highest BCUT2D eigenvalue weighted by Gasteiger charge is 2.24. The quantitative estimate of drug-likeness (QED) is 0.736. The maximum atomic E-state index is 12.8. The molecule has 116 valence electrons. The van der Waals surface area contributed by atoms with Gasteiger partial charge >= 0.3 is 0 Å². The van der Waals surface area contributed by atoms with E-state index in [1.807, 2.05) is 37.3 Å². The molecule has 0 saturated heterocycles. The van der Waals surface area contributed by atoms with E-state index in [9.17, 15) is 9.90 Å². The molecule has 0 aliphatic heterocycles. The molecule has 5 nitrogen and oxygen atoms in total. The molecule has 0 radical (unpaired) electrons. The lowest BCUT2D eigenvalue weighted by atomic mass is 10.0. The van der Waals surface area contributed by atoms with Crippen LogP contribution in [0.3, 0.4) is 0 Å². The van der Waals surface area contributed by atoms with Crippen molar-refractivity contribution in [2.24, 2.45) is 0 Å². The van der Waals surface area contributed by atoms with Gasteiger partial charge in [-0.2, -0.15) is 5.10 Å². The van der Waals surface area contributed by atoms with Crippen molar-refractivity contribution in [1.82, 2.24) is 14.8 Å². The van der Waals surface area contributed by atoms with Crippen molar-refractivity contribution in [1.29, 1.82) is 0 Å². The second-order valence-electron chi connectivity index (χ2n) is 5.19. The number of hydrogen-bond acceptors (Lipinski definition) is 4. The second kappa shape index (κ2) is 6.44. The van der Waals surface area contributed by atoms with Gasteiger partial charge in [0.25, 0.3) is 0 Å². The van der Waals surface area contributed by atoms with Crippen LogP contribution in [-0.4, -0.2) is 25.7 Å². The molecule has 0 saturated carbocycles. The van der Waals surface area contributed by atoms with Gasteiger partial charge in [0.1, 0.15) is 5.56 Å². The predicted molar refractivity (Wildman–Crippen MR) is 86.5 cm³/mol. The minimum Gasteiger partial charge on any atom is -0.493 e. The number of carbonyl (C=O) groups is 1. The van der Waals surface area contributed by atoms with E-state index in [0.29, 0.717) is 24.2 Å². The summed E-state index contributed by atoms with van der Waals surface area (Å²) < 4.78 is 1.45. The van der Waals surface area contributed by atoms with Gasteiger partial charge in [-0.3, -0.25) is 9.78 Å². The second-order valence-corrected chi connectivity index (χ2v) is 5.19. The molecule has 0 atom stereocenters. The Morgan fingerprint density at radius 3 is 2.61 bits per heavy atom. The molecule has 0 aliphatic rings. The Hall–Kier alpha value is -2.95. The van der Waals surface area contributed by atoms with Crippen LogP contribution in [0.15, 0.2) is 54.9 Å².